The molecule has 0 saturated carbocycles. The molecule has 3 aromatic heterocycles. The zero-order valence-corrected chi connectivity index (χ0v) is 19.1. The predicted octanol–water partition coefficient (Wildman–Crippen LogP) is 3.99. The molecule has 0 aliphatic carbocycles. The number of rotatable bonds is 6. The summed E-state index contributed by atoms with van der Waals surface area (Å²) in [6.45, 7) is 1.92. The van der Waals surface area contributed by atoms with Crippen LogP contribution in [0.25, 0.3) is 27.6 Å². The molecule has 0 fully saturated rings. The van der Waals surface area contributed by atoms with Crippen molar-refractivity contribution in [2.24, 2.45) is 0 Å². The molecular formula is C24H18N6O3S. The zero-order valence-electron chi connectivity index (χ0n) is 18.3. The second kappa shape index (κ2) is 8.80. The number of methoxy groups -OCH3 is 1. The van der Waals surface area contributed by atoms with Crippen molar-refractivity contribution in [2.75, 3.05) is 7.11 Å². The summed E-state index contributed by atoms with van der Waals surface area (Å²) in [7, 11) is 1.54. The molecule has 0 radical (unpaired) electrons. The summed E-state index contributed by atoms with van der Waals surface area (Å²) in [6, 6.07) is 16.5. The van der Waals surface area contributed by atoms with Crippen LogP contribution in [0, 0.1) is 18.3 Å². The number of hydrogen-bond acceptors (Lipinski definition) is 8. The van der Waals surface area contributed by atoms with E-state index in [2.05, 4.69) is 26.1 Å². The van der Waals surface area contributed by atoms with Crippen LogP contribution < -0.4 is 15.0 Å². The van der Waals surface area contributed by atoms with Crippen molar-refractivity contribution < 1.29 is 9.47 Å². The van der Waals surface area contributed by atoms with Crippen LogP contribution in [-0.2, 0) is 6.61 Å². The van der Waals surface area contributed by atoms with Gasteiger partial charge in [0.2, 0.25) is 4.96 Å². The molecule has 9 nitrogen and oxygen atoms in total. The summed E-state index contributed by atoms with van der Waals surface area (Å²) in [5.74, 6) is 1.47. The van der Waals surface area contributed by atoms with E-state index in [-0.39, 0.29) is 12.2 Å². The van der Waals surface area contributed by atoms with Crippen LogP contribution in [0.2, 0.25) is 0 Å². The lowest BCUT2D eigenvalue weighted by atomic mass is 10.1. The Bertz CT molecular complexity index is 1620. The van der Waals surface area contributed by atoms with Gasteiger partial charge in [0.15, 0.2) is 11.5 Å². The van der Waals surface area contributed by atoms with Gasteiger partial charge in [-0.3, -0.25) is 4.79 Å². The highest BCUT2D eigenvalue weighted by atomic mass is 32.1. The maximum absolute atomic E-state index is 12.2. The molecule has 3 heterocycles. The second-order valence-electron chi connectivity index (χ2n) is 7.37. The normalized spacial score (nSPS) is 11.6. The number of aryl methyl sites for hydroxylation is 1. The van der Waals surface area contributed by atoms with Crippen molar-refractivity contribution in [2.45, 2.75) is 13.5 Å². The fourth-order valence-electron chi connectivity index (χ4n) is 3.47. The van der Waals surface area contributed by atoms with Gasteiger partial charge >= 0.3 is 0 Å². The third kappa shape index (κ3) is 4.12. The number of H-pyrrole nitrogens is 1. The number of nitrogens with zero attached hydrogens (tertiary/aromatic N) is 5. The highest BCUT2D eigenvalue weighted by Gasteiger charge is 2.12. The number of ether oxygens (including phenoxy) is 2. The number of para-hydroxylation sites is 2. The van der Waals surface area contributed by atoms with E-state index in [9.17, 15) is 10.1 Å². The minimum Gasteiger partial charge on any atom is -0.493 e. The minimum absolute atomic E-state index is 0.0939. The average molecular weight is 471 g/mol. The second-order valence-corrected chi connectivity index (χ2v) is 8.53. The van der Waals surface area contributed by atoms with Gasteiger partial charge in [-0.1, -0.05) is 29.5 Å². The van der Waals surface area contributed by atoms with Gasteiger partial charge in [0, 0.05) is 6.07 Å². The van der Waals surface area contributed by atoms with Crippen molar-refractivity contribution in [3.63, 3.8) is 0 Å². The lowest BCUT2D eigenvalue weighted by Gasteiger charge is -2.11. The van der Waals surface area contributed by atoms with Crippen molar-refractivity contribution >= 4 is 39.0 Å². The lowest BCUT2D eigenvalue weighted by molar-refractivity contribution is 0.280. The molecule has 0 saturated heterocycles. The van der Waals surface area contributed by atoms with E-state index < -0.39 is 0 Å². The number of fused-ring (bicyclic) bond motifs is 2. The molecule has 0 aliphatic heterocycles. The van der Waals surface area contributed by atoms with E-state index in [4.69, 9.17) is 9.47 Å². The highest BCUT2D eigenvalue weighted by Crippen LogP contribution is 2.30. The first kappa shape index (κ1) is 21.4. The fourth-order valence-corrected chi connectivity index (χ4v) is 4.24. The first-order chi connectivity index (χ1) is 16.5. The van der Waals surface area contributed by atoms with E-state index >= 15 is 0 Å². The summed E-state index contributed by atoms with van der Waals surface area (Å²) in [4.78, 5) is 24.9. The van der Waals surface area contributed by atoms with E-state index in [1.807, 2.05) is 37.3 Å². The Labute approximate surface area is 197 Å². The number of imidazole rings is 1. The summed E-state index contributed by atoms with van der Waals surface area (Å²) in [5, 5.41) is 14.6. The maximum atomic E-state index is 12.2. The molecular weight excluding hydrogens is 452 g/mol. The molecule has 168 valence electrons. The number of benzene rings is 2. The maximum Gasteiger partial charge on any atom is 0.275 e. The fraction of sp³-hybridized carbons (Fsp3) is 0.125. The average Bonchev–Trinajstić information content (AvgIpc) is 3.44. The number of allylic oxidation sites excluding steroid dienone is 1. The van der Waals surface area contributed by atoms with Gasteiger partial charge in [0.1, 0.15) is 23.5 Å². The van der Waals surface area contributed by atoms with Gasteiger partial charge in [0.25, 0.3) is 5.56 Å². The molecule has 2 aromatic carbocycles. The van der Waals surface area contributed by atoms with Gasteiger partial charge in [-0.05, 0) is 42.8 Å². The van der Waals surface area contributed by atoms with Crippen LogP contribution in [0.1, 0.15) is 22.1 Å². The van der Waals surface area contributed by atoms with Crippen molar-refractivity contribution in [1.29, 1.82) is 5.26 Å². The van der Waals surface area contributed by atoms with E-state index in [0.717, 1.165) is 21.6 Å². The number of aromatic amines is 1. The molecule has 5 aromatic rings. The van der Waals surface area contributed by atoms with Gasteiger partial charge < -0.3 is 14.5 Å². The number of hydrogen-bond donors (Lipinski definition) is 1. The van der Waals surface area contributed by atoms with Crippen molar-refractivity contribution in [1.82, 2.24) is 24.6 Å². The predicted molar refractivity (Wildman–Crippen MR) is 129 cm³/mol. The Balaban J connectivity index is 1.39. The molecule has 34 heavy (non-hydrogen) atoms. The Hall–Kier alpha value is -4.49. The smallest absolute Gasteiger partial charge is 0.275 e. The van der Waals surface area contributed by atoms with Crippen molar-refractivity contribution in [3.8, 4) is 17.6 Å². The van der Waals surface area contributed by atoms with Crippen molar-refractivity contribution in [3.05, 3.63) is 81.0 Å². The molecule has 1 N–H and O–H groups in total. The lowest BCUT2D eigenvalue weighted by Crippen LogP contribution is -2.16. The number of aromatic nitrogens is 5. The highest BCUT2D eigenvalue weighted by molar-refractivity contribution is 7.16. The van der Waals surface area contributed by atoms with Gasteiger partial charge in [-0.15, -0.1) is 0 Å². The quantitative estimate of drug-likeness (QED) is 0.373. The molecule has 10 heteroatoms. The first-order valence-electron chi connectivity index (χ1n) is 10.3. The molecule has 0 aliphatic rings. The van der Waals surface area contributed by atoms with Crippen LogP contribution in [-0.4, -0.2) is 31.7 Å². The molecule has 0 bridgehead atoms. The van der Waals surface area contributed by atoms with Crippen LogP contribution >= 0.6 is 11.3 Å². The zero-order chi connectivity index (χ0) is 23.7. The van der Waals surface area contributed by atoms with Gasteiger partial charge in [-0.25, -0.2) is 9.97 Å². The molecule has 0 amide bonds. The third-order valence-corrected chi connectivity index (χ3v) is 5.86. The minimum atomic E-state index is -0.255. The topological polar surface area (TPSA) is 118 Å². The Morgan fingerprint density at radius 3 is 2.85 bits per heavy atom. The van der Waals surface area contributed by atoms with Crippen LogP contribution in [0.15, 0.2) is 53.3 Å². The summed E-state index contributed by atoms with van der Waals surface area (Å²) in [6.07, 6.45) is 1.73. The van der Waals surface area contributed by atoms with Crippen LogP contribution in [0.5, 0.6) is 11.5 Å². The first-order valence-corrected chi connectivity index (χ1v) is 11.1. The van der Waals surface area contributed by atoms with Gasteiger partial charge in [0.05, 0.1) is 29.4 Å². The van der Waals surface area contributed by atoms with Crippen LogP contribution in [0.3, 0.4) is 0 Å². The molecule has 0 unspecified atom stereocenters. The monoisotopic (exact) mass is 470 g/mol. The molecule has 5 rings (SSSR count). The Morgan fingerprint density at radius 1 is 1.21 bits per heavy atom. The summed E-state index contributed by atoms with van der Waals surface area (Å²) in [5.41, 5.74) is 3.04. The SMILES string of the molecule is COc1cc(/C=C(\C#N)c2nc3ccccc3[nH]2)ccc1OCc1cc(=O)n2nc(C)sc2n1. The van der Waals surface area contributed by atoms with E-state index in [1.54, 1.807) is 18.2 Å². The molecule has 0 atom stereocenters. The van der Waals surface area contributed by atoms with Crippen LogP contribution in [0.4, 0.5) is 0 Å². The Morgan fingerprint density at radius 2 is 2.06 bits per heavy atom. The Kier molecular flexibility index (Phi) is 5.53. The van der Waals surface area contributed by atoms with E-state index in [0.29, 0.717) is 33.6 Å². The molecule has 0 spiro atoms. The summed E-state index contributed by atoms with van der Waals surface area (Å²) < 4.78 is 12.6. The van der Waals surface area contributed by atoms with Gasteiger partial charge in [-0.2, -0.15) is 14.9 Å². The summed E-state index contributed by atoms with van der Waals surface area (Å²) >= 11 is 1.34. The standard InChI is InChI=1S/C24H18N6O3S/c1-14-29-30-22(31)11-17(26-24(30)34-14)13-33-20-8-7-15(10-21(20)32-2)9-16(12-25)23-27-18-5-3-4-6-19(18)28-23/h3-11H,13H2,1-2H3,(H,27,28)/b16-9+. The number of nitrogens with one attached hydrogen (secondary N) is 1. The third-order valence-electron chi connectivity index (χ3n) is 5.04. The number of nitriles is 1. The van der Waals surface area contributed by atoms with E-state index in [1.165, 1.54) is 29.0 Å². The largest absolute Gasteiger partial charge is 0.493 e.